The van der Waals surface area contributed by atoms with Gasteiger partial charge in [-0.05, 0) is 79.3 Å². The number of carboxylic acid groups (broad SMARTS) is 1. The summed E-state index contributed by atoms with van der Waals surface area (Å²) in [7, 11) is 0. The number of ether oxygens (including phenoxy) is 3. The summed E-state index contributed by atoms with van der Waals surface area (Å²) < 4.78 is 18.1. The molecule has 1 aliphatic carbocycles. The smallest absolute Gasteiger partial charge is 0.407 e. The molecule has 2 aromatic carbocycles. The summed E-state index contributed by atoms with van der Waals surface area (Å²) in [6.45, 7) is 5.58. The Morgan fingerprint density at radius 2 is 1.85 bits per heavy atom. The summed E-state index contributed by atoms with van der Waals surface area (Å²) in [5.41, 5.74) is 4.81. The molecule has 218 valence electrons. The Bertz CT molecular complexity index is 1090. The number of hydrogen-bond donors (Lipinski definition) is 2. The van der Waals surface area contributed by atoms with Crippen molar-refractivity contribution in [3.63, 3.8) is 0 Å². The van der Waals surface area contributed by atoms with E-state index in [1.165, 1.54) is 29.0 Å². The molecule has 3 aliphatic rings. The van der Waals surface area contributed by atoms with Gasteiger partial charge in [-0.25, -0.2) is 4.79 Å². The van der Waals surface area contributed by atoms with Crippen LogP contribution in [0, 0.1) is 5.92 Å². The average Bonchev–Trinajstić information content (AvgIpc) is 3.81. The van der Waals surface area contributed by atoms with E-state index in [2.05, 4.69) is 35.2 Å². The largest absolute Gasteiger partial charge is 0.494 e. The molecule has 1 saturated carbocycles. The highest BCUT2D eigenvalue weighted by Gasteiger charge is 2.33. The molecular weight excluding hydrogens is 508 g/mol. The maximum atomic E-state index is 11.8. The maximum absolute atomic E-state index is 11.8. The number of likely N-dealkylation sites (tertiary alicyclic amines) is 1. The minimum atomic E-state index is -0.898. The van der Waals surface area contributed by atoms with E-state index in [1.54, 1.807) is 0 Å². The number of aliphatic hydroxyl groups excluding tert-OH is 1. The third-order valence-electron chi connectivity index (χ3n) is 8.30. The lowest BCUT2D eigenvalue weighted by atomic mass is 9.87. The number of fused-ring (bicyclic) bond motifs is 1. The number of piperidine rings is 1. The van der Waals surface area contributed by atoms with Crippen LogP contribution < -0.4 is 9.64 Å². The second-order valence-electron chi connectivity index (χ2n) is 11.4. The van der Waals surface area contributed by atoms with Gasteiger partial charge in [-0.2, -0.15) is 0 Å². The summed E-state index contributed by atoms with van der Waals surface area (Å²) >= 11 is 0. The predicted molar refractivity (Wildman–Crippen MR) is 154 cm³/mol. The Hall–Kier alpha value is -2.81. The van der Waals surface area contributed by atoms with Gasteiger partial charge in [0, 0.05) is 57.5 Å². The molecule has 1 saturated heterocycles. The molecule has 2 aromatic rings. The van der Waals surface area contributed by atoms with Gasteiger partial charge in [-0.15, -0.1) is 0 Å². The van der Waals surface area contributed by atoms with Crippen LogP contribution >= 0.6 is 0 Å². The van der Waals surface area contributed by atoms with Gasteiger partial charge in [0.05, 0.1) is 25.9 Å². The number of amides is 1. The number of hydrogen-bond acceptors (Lipinski definition) is 6. The van der Waals surface area contributed by atoms with Gasteiger partial charge in [0.2, 0.25) is 0 Å². The van der Waals surface area contributed by atoms with E-state index < -0.39 is 6.09 Å². The van der Waals surface area contributed by atoms with Gasteiger partial charge in [-0.1, -0.05) is 24.3 Å². The van der Waals surface area contributed by atoms with Gasteiger partial charge < -0.3 is 34.2 Å². The SMILES string of the molecule is O=C(O)N1CC[C@H](c2ccc(OCCCOCC3CC3)cc2)[C@@H](OCc2ccc3c(c2)N(CCCO)CCC3)C1. The molecule has 5 rings (SSSR count). The Morgan fingerprint density at radius 3 is 2.62 bits per heavy atom. The zero-order valence-electron chi connectivity index (χ0n) is 23.5. The highest BCUT2D eigenvalue weighted by atomic mass is 16.5. The van der Waals surface area contributed by atoms with Crippen molar-refractivity contribution in [1.29, 1.82) is 0 Å². The van der Waals surface area contributed by atoms with Crippen molar-refractivity contribution in [3.05, 3.63) is 59.2 Å². The van der Waals surface area contributed by atoms with Crippen LogP contribution in [0.25, 0.3) is 0 Å². The quantitative estimate of drug-likeness (QED) is 0.316. The summed E-state index contributed by atoms with van der Waals surface area (Å²) in [4.78, 5) is 15.6. The molecule has 40 heavy (non-hydrogen) atoms. The lowest BCUT2D eigenvalue weighted by Gasteiger charge is -2.37. The van der Waals surface area contributed by atoms with E-state index >= 15 is 0 Å². The average molecular weight is 553 g/mol. The number of aliphatic hydroxyl groups is 1. The topological polar surface area (TPSA) is 91.7 Å². The van der Waals surface area contributed by atoms with E-state index in [-0.39, 0.29) is 18.6 Å². The number of rotatable bonds is 14. The Morgan fingerprint density at radius 1 is 1.00 bits per heavy atom. The molecule has 0 aromatic heterocycles. The Labute approximate surface area is 237 Å². The fraction of sp³-hybridized carbons (Fsp3) is 0.594. The van der Waals surface area contributed by atoms with Crippen LogP contribution in [0.2, 0.25) is 0 Å². The molecule has 0 radical (unpaired) electrons. The third-order valence-corrected chi connectivity index (χ3v) is 8.30. The van der Waals surface area contributed by atoms with Gasteiger partial charge in [0.15, 0.2) is 0 Å². The number of anilines is 1. The fourth-order valence-electron chi connectivity index (χ4n) is 5.82. The Kier molecular flexibility index (Phi) is 10.2. The van der Waals surface area contributed by atoms with Crippen LogP contribution in [-0.2, 0) is 22.5 Å². The van der Waals surface area contributed by atoms with Crippen molar-refractivity contribution in [2.45, 2.75) is 63.6 Å². The molecule has 8 nitrogen and oxygen atoms in total. The molecule has 2 aliphatic heterocycles. The third kappa shape index (κ3) is 7.89. The lowest BCUT2D eigenvalue weighted by molar-refractivity contribution is -0.0199. The fourth-order valence-corrected chi connectivity index (χ4v) is 5.82. The van der Waals surface area contributed by atoms with Crippen molar-refractivity contribution in [2.75, 3.05) is 57.5 Å². The van der Waals surface area contributed by atoms with Crippen molar-refractivity contribution in [1.82, 2.24) is 4.90 Å². The molecule has 2 fully saturated rings. The zero-order chi connectivity index (χ0) is 27.7. The monoisotopic (exact) mass is 552 g/mol. The Balaban J connectivity index is 1.18. The normalized spacial score (nSPS) is 20.8. The first-order valence-corrected chi connectivity index (χ1v) is 15.0. The van der Waals surface area contributed by atoms with Crippen LogP contribution in [0.1, 0.15) is 61.1 Å². The van der Waals surface area contributed by atoms with Crippen LogP contribution in [0.5, 0.6) is 5.75 Å². The van der Waals surface area contributed by atoms with E-state index in [1.807, 2.05) is 12.1 Å². The van der Waals surface area contributed by atoms with E-state index in [9.17, 15) is 15.0 Å². The van der Waals surface area contributed by atoms with Gasteiger partial charge in [-0.3, -0.25) is 0 Å². The molecule has 0 unspecified atom stereocenters. The van der Waals surface area contributed by atoms with Crippen molar-refractivity contribution in [2.24, 2.45) is 5.92 Å². The summed E-state index contributed by atoms with van der Waals surface area (Å²) in [6, 6.07) is 14.7. The van der Waals surface area contributed by atoms with Gasteiger partial charge >= 0.3 is 6.09 Å². The first-order valence-electron chi connectivity index (χ1n) is 15.0. The summed E-state index contributed by atoms with van der Waals surface area (Å²) in [5, 5.41) is 19.0. The first kappa shape index (κ1) is 28.7. The summed E-state index contributed by atoms with van der Waals surface area (Å²) in [5.74, 6) is 1.74. The van der Waals surface area contributed by atoms with Crippen LogP contribution in [-0.4, -0.2) is 79.9 Å². The van der Waals surface area contributed by atoms with Gasteiger partial charge in [0.1, 0.15) is 5.75 Å². The number of aryl methyl sites for hydroxylation is 1. The summed E-state index contributed by atoms with van der Waals surface area (Å²) in [6.07, 6.45) is 6.03. The van der Waals surface area contributed by atoms with Crippen LogP contribution in [0.4, 0.5) is 10.5 Å². The van der Waals surface area contributed by atoms with Crippen molar-refractivity contribution in [3.8, 4) is 5.75 Å². The van der Waals surface area contributed by atoms with E-state index in [0.717, 1.165) is 74.8 Å². The van der Waals surface area contributed by atoms with E-state index in [4.69, 9.17) is 14.2 Å². The predicted octanol–water partition coefficient (Wildman–Crippen LogP) is 5.07. The molecule has 2 heterocycles. The molecule has 2 atom stereocenters. The highest BCUT2D eigenvalue weighted by molar-refractivity contribution is 5.65. The molecular formula is C32H44N2O6. The molecule has 8 heteroatoms. The zero-order valence-corrected chi connectivity index (χ0v) is 23.5. The van der Waals surface area contributed by atoms with Crippen LogP contribution in [0.3, 0.4) is 0 Å². The standard InChI is InChI=1S/C32H44N2O6/c35-17-2-15-33-14-1-4-27-8-7-25(20-30(27)33)23-40-31-21-34(32(36)37)16-13-29(31)26-9-11-28(12-10-26)39-19-3-18-38-22-24-5-6-24/h7-12,20,24,29,31,35H,1-6,13-19,21-23H2,(H,36,37)/t29-,31+/m1/s1. The molecule has 1 amide bonds. The van der Waals surface area contributed by atoms with Crippen LogP contribution in [0.15, 0.2) is 42.5 Å². The van der Waals surface area contributed by atoms with E-state index in [0.29, 0.717) is 32.7 Å². The second kappa shape index (κ2) is 14.2. The second-order valence-corrected chi connectivity index (χ2v) is 11.4. The minimum absolute atomic E-state index is 0.110. The van der Waals surface area contributed by atoms with Crippen molar-refractivity contribution >= 4 is 11.8 Å². The first-order chi connectivity index (χ1) is 19.6. The molecule has 0 spiro atoms. The number of nitrogens with zero attached hydrogens (tertiary/aromatic N) is 2. The molecule has 2 N–H and O–H groups in total. The highest BCUT2D eigenvalue weighted by Crippen LogP contribution is 2.34. The number of carbonyl (C=O) groups is 1. The van der Waals surface area contributed by atoms with Crippen molar-refractivity contribution < 1.29 is 29.2 Å². The lowest BCUT2D eigenvalue weighted by Crippen LogP contribution is -2.46. The maximum Gasteiger partial charge on any atom is 0.407 e. The minimum Gasteiger partial charge on any atom is -0.494 e. The number of benzene rings is 2. The molecule has 0 bridgehead atoms. The van der Waals surface area contributed by atoms with Gasteiger partial charge in [0.25, 0.3) is 0 Å².